The third-order valence-corrected chi connectivity index (χ3v) is 3.42. The summed E-state index contributed by atoms with van der Waals surface area (Å²) in [5.74, 6) is 0. The monoisotopic (exact) mass is 244 g/mol. The molecule has 0 saturated carbocycles. The van der Waals surface area contributed by atoms with Gasteiger partial charge in [-0.05, 0) is 48.6 Å². The van der Waals surface area contributed by atoms with Crippen LogP contribution in [-0.4, -0.2) is 8.76 Å². The molecule has 1 aromatic carbocycles. The van der Waals surface area contributed by atoms with Gasteiger partial charge >= 0.3 is 0 Å². The van der Waals surface area contributed by atoms with Crippen molar-refractivity contribution in [3.8, 4) is 0 Å². The van der Waals surface area contributed by atoms with E-state index in [1.165, 1.54) is 0 Å². The molecule has 82 valence electrons. The summed E-state index contributed by atoms with van der Waals surface area (Å²) < 4.78 is 23.7. The van der Waals surface area contributed by atoms with Crippen molar-refractivity contribution in [3.05, 3.63) is 33.8 Å². The zero-order valence-electron chi connectivity index (χ0n) is 8.25. The van der Waals surface area contributed by atoms with Crippen LogP contribution in [0.1, 0.15) is 29.2 Å². The minimum Gasteiger partial charge on any atom is -0.760 e. The smallest absolute Gasteiger partial charge is 0.0442 e. The molecule has 1 aliphatic rings. The molecule has 3 nitrogen and oxygen atoms in total. The van der Waals surface area contributed by atoms with Crippen molar-refractivity contribution >= 4 is 22.9 Å². The highest BCUT2D eigenvalue weighted by atomic mass is 35.5. The normalized spacial score (nSPS) is 21.4. The predicted octanol–water partition coefficient (Wildman–Crippen LogP) is 2.02. The van der Waals surface area contributed by atoms with Gasteiger partial charge in [-0.15, -0.1) is 0 Å². The summed E-state index contributed by atoms with van der Waals surface area (Å²) >= 11 is 3.73. The molecule has 5 heteroatoms. The van der Waals surface area contributed by atoms with Gasteiger partial charge in [0.15, 0.2) is 0 Å². The van der Waals surface area contributed by atoms with Crippen LogP contribution in [-0.2, 0) is 17.7 Å². The van der Waals surface area contributed by atoms with E-state index in [1.807, 2.05) is 19.1 Å². The van der Waals surface area contributed by atoms with Crippen LogP contribution < -0.4 is 4.72 Å². The average Bonchev–Trinajstić information content (AvgIpc) is 2.46. The van der Waals surface area contributed by atoms with Crippen molar-refractivity contribution in [2.24, 2.45) is 0 Å². The second kappa shape index (κ2) is 4.22. The Labute approximate surface area is 96.3 Å². The molecule has 0 radical (unpaired) electrons. The molecule has 1 aliphatic carbocycles. The molecule has 2 unspecified atom stereocenters. The molecule has 1 N–H and O–H groups in total. The number of benzene rings is 1. The zero-order valence-corrected chi connectivity index (χ0v) is 9.82. The van der Waals surface area contributed by atoms with Gasteiger partial charge in [-0.2, -0.15) is 0 Å². The topological polar surface area (TPSA) is 52.2 Å². The van der Waals surface area contributed by atoms with Gasteiger partial charge in [0, 0.05) is 22.3 Å². The summed E-state index contributed by atoms with van der Waals surface area (Å²) in [7, 11) is 0. The fourth-order valence-corrected chi connectivity index (χ4v) is 2.97. The lowest BCUT2D eigenvalue weighted by Crippen LogP contribution is -2.21. The Balaban J connectivity index is 2.37. The van der Waals surface area contributed by atoms with Gasteiger partial charge in [-0.25, -0.2) is 4.72 Å². The SMILES string of the molecule is Cc1cc(Cl)cc2c1C(NS(=O)[O-])CC2. The molecule has 2 rings (SSSR count). The third-order valence-electron chi connectivity index (χ3n) is 2.73. The fraction of sp³-hybridized carbons (Fsp3) is 0.400. The van der Waals surface area contributed by atoms with E-state index in [0.29, 0.717) is 0 Å². The number of fused-ring (bicyclic) bond motifs is 1. The molecule has 0 aromatic heterocycles. The Bertz CT molecular complexity index is 422. The lowest BCUT2D eigenvalue weighted by Gasteiger charge is -2.17. The summed E-state index contributed by atoms with van der Waals surface area (Å²) in [6.45, 7) is 1.96. The Morgan fingerprint density at radius 3 is 3.00 bits per heavy atom. The van der Waals surface area contributed by atoms with Crippen molar-refractivity contribution in [3.63, 3.8) is 0 Å². The molecular formula is C10H11ClNO2S-. The summed E-state index contributed by atoms with van der Waals surface area (Å²) in [6.07, 6.45) is 1.69. The minimum absolute atomic E-state index is 0.0874. The van der Waals surface area contributed by atoms with Crippen LogP contribution in [0.4, 0.5) is 0 Å². The van der Waals surface area contributed by atoms with Gasteiger partial charge in [0.1, 0.15) is 0 Å². The van der Waals surface area contributed by atoms with Crippen LogP contribution in [0.25, 0.3) is 0 Å². The number of hydrogen-bond acceptors (Lipinski definition) is 2. The van der Waals surface area contributed by atoms with Crippen molar-refractivity contribution in [2.45, 2.75) is 25.8 Å². The van der Waals surface area contributed by atoms with Gasteiger partial charge in [-0.3, -0.25) is 4.21 Å². The number of aryl methyl sites for hydroxylation is 2. The molecular weight excluding hydrogens is 234 g/mol. The first-order valence-corrected chi connectivity index (χ1v) is 6.17. The molecule has 1 aromatic rings. The first kappa shape index (κ1) is 11.1. The largest absolute Gasteiger partial charge is 0.760 e. The van der Waals surface area contributed by atoms with Gasteiger partial charge in [-0.1, -0.05) is 11.6 Å². The van der Waals surface area contributed by atoms with Crippen LogP contribution in [0.5, 0.6) is 0 Å². The first-order chi connectivity index (χ1) is 7.08. The Kier molecular flexibility index (Phi) is 3.11. The number of hydrogen-bond donors (Lipinski definition) is 1. The summed E-state index contributed by atoms with van der Waals surface area (Å²) in [6, 6.07) is 3.70. The maximum Gasteiger partial charge on any atom is 0.0442 e. The molecule has 0 aliphatic heterocycles. The van der Waals surface area contributed by atoms with Gasteiger partial charge in [0.05, 0.1) is 0 Å². The molecule has 0 spiro atoms. The highest BCUT2D eigenvalue weighted by Gasteiger charge is 2.24. The molecule has 0 bridgehead atoms. The molecule has 0 fully saturated rings. The quantitative estimate of drug-likeness (QED) is 0.810. The van der Waals surface area contributed by atoms with E-state index in [0.717, 1.165) is 34.6 Å². The Hall–Kier alpha value is -0.420. The molecule has 15 heavy (non-hydrogen) atoms. The molecule has 0 amide bonds. The van der Waals surface area contributed by atoms with Gasteiger partial charge in [0.25, 0.3) is 0 Å². The second-order valence-corrected chi connectivity index (χ2v) is 4.88. The maximum atomic E-state index is 10.6. The lowest BCUT2D eigenvalue weighted by molar-refractivity contribution is 0.504. The maximum absolute atomic E-state index is 10.6. The third kappa shape index (κ3) is 2.23. The molecule has 0 heterocycles. The average molecular weight is 245 g/mol. The summed E-state index contributed by atoms with van der Waals surface area (Å²) in [5.41, 5.74) is 3.30. The Morgan fingerprint density at radius 1 is 1.60 bits per heavy atom. The second-order valence-electron chi connectivity index (χ2n) is 3.74. The molecule has 0 saturated heterocycles. The highest BCUT2D eigenvalue weighted by Crippen LogP contribution is 2.35. The zero-order chi connectivity index (χ0) is 11.0. The van der Waals surface area contributed by atoms with E-state index in [4.69, 9.17) is 11.6 Å². The van der Waals surface area contributed by atoms with Crippen LogP contribution in [0.15, 0.2) is 12.1 Å². The van der Waals surface area contributed by atoms with Gasteiger partial charge in [0.2, 0.25) is 0 Å². The predicted molar refractivity (Wildman–Crippen MR) is 59.3 cm³/mol. The fourth-order valence-electron chi connectivity index (χ4n) is 2.21. The minimum atomic E-state index is -2.21. The lowest BCUT2D eigenvalue weighted by atomic mass is 10.0. The van der Waals surface area contributed by atoms with Crippen LogP contribution in [0, 0.1) is 6.92 Å². The van der Waals surface area contributed by atoms with Crippen molar-refractivity contribution in [1.82, 2.24) is 4.72 Å². The van der Waals surface area contributed by atoms with E-state index >= 15 is 0 Å². The van der Waals surface area contributed by atoms with Crippen LogP contribution in [0.3, 0.4) is 0 Å². The van der Waals surface area contributed by atoms with Crippen molar-refractivity contribution in [2.75, 3.05) is 0 Å². The van der Waals surface area contributed by atoms with Crippen molar-refractivity contribution in [1.29, 1.82) is 0 Å². The number of rotatable bonds is 2. The van der Waals surface area contributed by atoms with E-state index in [1.54, 1.807) is 0 Å². The van der Waals surface area contributed by atoms with E-state index < -0.39 is 11.3 Å². The molecule has 2 atom stereocenters. The van der Waals surface area contributed by atoms with Gasteiger partial charge < -0.3 is 4.55 Å². The van der Waals surface area contributed by atoms with E-state index in [9.17, 15) is 8.76 Å². The van der Waals surface area contributed by atoms with Crippen LogP contribution in [0.2, 0.25) is 5.02 Å². The number of halogens is 1. The standard InChI is InChI=1S/C10H12ClNO2S/c1-6-4-8(11)5-7-2-3-9(10(6)7)12-15(13)14/h4-5,9,12H,2-3H2,1H3,(H,13,14)/p-1. The summed E-state index contributed by atoms with van der Waals surface area (Å²) in [4.78, 5) is 0. The Morgan fingerprint density at radius 2 is 2.33 bits per heavy atom. The summed E-state index contributed by atoms with van der Waals surface area (Å²) in [5, 5.41) is 0.718. The van der Waals surface area contributed by atoms with E-state index in [2.05, 4.69) is 4.72 Å². The number of nitrogens with one attached hydrogen (secondary N) is 1. The van der Waals surface area contributed by atoms with Crippen LogP contribution >= 0.6 is 11.6 Å². The highest BCUT2D eigenvalue weighted by molar-refractivity contribution is 7.77. The van der Waals surface area contributed by atoms with E-state index in [-0.39, 0.29) is 6.04 Å². The van der Waals surface area contributed by atoms with Crippen molar-refractivity contribution < 1.29 is 8.76 Å². The first-order valence-electron chi connectivity index (χ1n) is 4.72.